The Morgan fingerprint density at radius 2 is 2.25 bits per heavy atom. The van der Waals surface area contributed by atoms with E-state index < -0.39 is 0 Å². The van der Waals surface area contributed by atoms with Crippen molar-refractivity contribution in [2.24, 2.45) is 0 Å². The highest BCUT2D eigenvalue weighted by Crippen LogP contribution is 2.18. The van der Waals surface area contributed by atoms with Crippen LogP contribution >= 0.6 is 0 Å². The van der Waals surface area contributed by atoms with Crippen LogP contribution in [0.5, 0.6) is 0 Å². The lowest BCUT2D eigenvalue weighted by Crippen LogP contribution is -2.44. The Kier molecular flexibility index (Phi) is 3.87. The van der Waals surface area contributed by atoms with E-state index in [1.165, 1.54) is 0 Å². The van der Waals surface area contributed by atoms with Crippen LogP contribution in [0.2, 0.25) is 0 Å². The van der Waals surface area contributed by atoms with Crippen LogP contribution in [0, 0.1) is 0 Å². The highest BCUT2D eigenvalue weighted by molar-refractivity contribution is 4.92. The van der Waals surface area contributed by atoms with Crippen LogP contribution in [0.15, 0.2) is 4.52 Å². The molecule has 1 N–H and O–H groups in total. The average Bonchev–Trinajstić information content (AvgIpc) is 2.78. The highest BCUT2D eigenvalue weighted by atomic mass is 16.5. The summed E-state index contributed by atoms with van der Waals surface area (Å²) < 4.78 is 10.2. The Balaban J connectivity index is 1.98. The molecule has 0 radical (unpaired) electrons. The number of methoxy groups -OCH3 is 1. The Morgan fingerprint density at radius 3 is 2.94 bits per heavy atom. The van der Waals surface area contributed by atoms with Crippen molar-refractivity contribution in [2.75, 3.05) is 33.3 Å². The molecule has 1 aromatic heterocycles. The first kappa shape index (κ1) is 11.5. The van der Waals surface area contributed by atoms with E-state index in [0.717, 1.165) is 26.2 Å². The normalized spacial score (nSPS) is 19.9. The molecule has 1 fully saturated rings. The van der Waals surface area contributed by atoms with Crippen LogP contribution in [-0.4, -0.2) is 48.3 Å². The van der Waals surface area contributed by atoms with E-state index >= 15 is 0 Å². The van der Waals surface area contributed by atoms with E-state index in [4.69, 9.17) is 9.26 Å². The van der Waals surface area contributed by atoms with Gasteiger partial charge in [0, 0.05) is 33.3 Å². The van der Waals surface area contributed by atoms with Crippen molar-refractivity contribution >= 4 is 0 Å². The second-order valence-corrected chi connectivity index (χ2v) is 3.94. The number of nitrogens with zero attached hydrogens (tertiary/aromatic N) is 3. The Bertz CT molecular complexity index is 322. The van der Waals surface area contributed by atoms with Gasteiger partial charge in [0.25, 0.3) is 0 Å². The van der Waals surface area contributed by atoms with Crippen molar-refractivity contribution in [3.05, 3.63) is 11.7 Å². The summed E-state index contributed by atoms with van der Waals surface area (Å²) in [5, 5.41) is 7.19. The molecule has 1 unspecified atom stereocenters. The minimum absolute atomic E-state index is 0.181. The van der Waals surface area contributed by atoms with Gasteiger partial charge in [-0.1, -0.05) is 5.16 Å². The van der Waals surface area contributed by atoms with E-state index in [9.17, 15) is 0 Å². The number of aromatic nitrogens is 2. The van der Waals surface area contributed by atoms with Gasteiger partial charge in [0.2, 0.25) is 5.89 Å². The molecule has 1 saturated heterocycles. The Labute approximate surface area is 95.0 Å². The van der Waals surface area contributed by atoms with E-state index in [-0.39, 0.29) is 6.04 Å². The van der Waals surface area contributed by atoms with Gasteiger partial charge in [-0.25, -0.2) is 0 Å². The van der Waals surface area contributed by atoms with Gasteiger partial charge < -0.3 is 14.6 Å². The van der Waals surface area contributed by atoms with Crippen molar-refractivity contribution in [3.63, 3.8) is 0 Å². The summed E-state index contributed by atoms with van der Waals surface area (Å²) in [6.07, 6.45) is 0. The Hall–Kier alpha value is -0.980. The molecule has 0 aliphatic carbocycles. The third kappa shape index (κ3) is 2.58. The zero-order chi connectivity index (χ0) is 11.4. The quantitative estimate of drug-likeness (QED) is 0.790. The van der Waals surface area contributed by atoms with Crippen molar-refractivity contribution in [1.29, 1.82) is 0 Å². The SMILES string of the molecule is COCc1noc(C(C)N2CCNCC2)n1. The van der Waals surface area contributed by atoms with Crippen LogP contribution < -0.4 is 5.32 Å². The van der Waals surface area contributed by atoms with E-state index in [1.807, 2.05) is 0 Å². The fourth-order valence-corrected chi connectivity index (χ4v) is 1.85. The first-order valence-electron chi connectivity index (χ1n) is 5.57. The molecule has 0 saturated carbocycles. The maximum atomic E-state index is 5.23. The third-order valence-electron chi connectivity index (χ3n) is 2.81. The number of piperazine rings is 1. The predicted octanol–water partition coefficient (Wildman–Crippen LogP) is 0.182. The molecule has 90 valence electrons. The molecule has 2 rings (SSSR count). The Morgan fingerprint density at radius 1 is 1.50 bits per heavy atom. The average molecular weight is 226 g/mol. The summed E-state index contributed by atoms with van der Waals surface area (Å²) in [5.41, 5.74) is 0. The molecule has 1 aliphatic heterocycles. The van der Waals surface area contributed by atoms with E-state index in [1.54, 1.807) is 7.11 Å². The van der Waals surface area contributed by atoms with E-state index in [0.29, 0.717) is 18.3 Å². The maximum absolute atomic E-state index is 5.23. The topological polar surface area (TPSA) is 63.4 Å². The van der Waals surface area contributed by atoms with E-state index in [2.05, 4.69) is 27.3 Å². The van der Waals surface area contributed by atoms with Crippen molar-refractivity contribution in [1.82, 2.24) is 20.4 Å². The number of hydrogen-bond acceptors (Lipinski definition) is 6. The van der Waals surface area contributed by atoms with Gasteiger partial charge in [-0.15, -0.1) is 0 Å². The number of ether oxygens (including phenoxy) is 1. The standard InChI is InChI=1S/C10H18N4O2/c1-8(14-5-3-11-4-6-14)10-12-9(7-15-2)13-16-10/h8,11H,3-7H2,1-2H3. The minimum atomic E-state index is 0.181. The largest absolute Gasteiger partial charge is 0.377 e. The molecule has 0 aromatic carbocycles. The maximum Gasteiger partial charge on any atom is 0.243 e. The molecule has 1 aromatic rings. The van der Waals surface area contributed by atoms with Crippen LogP contribution in [0.4, 0.5) is 0 Å². The summed E-state index contributed by atoms with van der Waals surface area (Å²) in [6.45, 7) is 6.56. The lowest BCUT2D eigenvalue weighted by Gasteiger charge is -2.30. The van der Waals surface area contributed by atoms with Gasteiger partial charge in [0.15, 0.2) is 5.82 Å². The molecule has 6 nitrogen and oxygen atoms in total. The molecule has 6 heteroatoms. The van der Waals surface area contributed by atoms with Crippen molar-refractivity contribution in [2.45, 2.75) is 19.6 Å². The smallest absolute Gasteiger partial charge is 0.243 e. The number of hydrogen-bond donors (Lipinski definition) is 1. The van der Waals surface area contributed by atoms with Gasteiger partial charge in [-0.2, -0.15) is 4.98 Å². The van der Waals surface area contributed by atoms with Crippen molar-refractivity contribution < 1.29 is 9.26 Å². The molecular formula is C10H18N4O2. The third-order valence-corrected chi connectivity index (χ3v) is 2.81. The van der Waals surface area contributed by atoms with Crippen LogP contribution in [0.1, 0.15) is 24.7 Å². The first-order chi connectivity index (χ1) is 7.81. The first-order valence-corrected chi connectivity index (χ1v) is 5.57. The van der Waals surface area contributed by atoms with Crippen LogP contribution in [0.25, 0.3) is 0 Å². The molecule has 16 heavy (non-hydrogen) atoms. The lowest BCUT2D eigenvalue weighted by atomic mass is 10.2. The summed E-state index contributed by atoms with van der Waals surface area (Å²) in [7, 11) is 1.62. The molecule has 0 bridgehead atoms. The number of nitrogens with one attached hydrogen (secondary N) is 1. The summed E-state index contributed by atoms with van der Waals surface area (Å²) >= 11 is 0. The minimum Gasteiger partial charge on any atom is -0.377 e. The van der Waals surface area contributed by atoms with Gasteiger partial charge in [-0.3, -0.25) is 4.90 Å². The summed E-state index contributed by atoms with van der Waals surface area (Å²) in [4.78, 5) is 6.64. The second-order valence-electron chi connectivity index (χ2n) is 3.94. The second kappa shape index (κ2) is 5.38. The molecule has 2 heterocycles. The van der Waals surface area contributed by atoms with Crippen LogP contribution in [0.3, 0.4) is 0 Å². The molecule has 0 spiro atoms. The molecule has 1 atom stereocenters. The molecule has 0 amide bonds. The summed E-state index contributed by atoms with van der Waals surface area (Å²) in [6, 6.07) is 0.181. The summed E-state index contributed by atoms with van der Waals surface area (Å²) in [5.74, 6) is 1.29. The van der Waals surface area contributed by atoms with Gasteiger partial charge in [0.1, 0.15) is 6.61 Å². The molecule has 1 aliphatic rings. The van der Waals surface area contributed by atoms with Crippen LogP contribution in [-0.2, 0) is 11.3 Å². The van der Waals surface area contributed by atoms with Gasteiger partial charge in [-0.05, 0) is 6.92 Å². The van der Waals surface area contributed by atoms with Gasteiger partial charge >= 0.3 is 0 Å². The number of rotatable bonds is 4. The van der Waals surface area contributed by atoms with Gasteiger partial charge in [0.05, 0.1) is 6.04 Å². The fourth-order valence-electron chi connectivity index (χ4n) is 1.85. The lowest BCUT2D eigenvalue weighted by molar-refractivity contribution is 0.153. The monoisotopic (exact) mass is 226 g/mol. The zero-order valence-electron chi connectivity index (χ0n) is 9.77. The zero-order valence-corrected chi connectivity index (χ0v) is 9.77. The predicted molar refractivity (Wildman–Crippen MR) is 57.9 cm³/mol. The highest BCUT2D eigenvalue weighted by Gasteiger charge is 2.22. The fraction of sp³-hybridized carbons (Fsp3) is 0.800. The molecular weight excluding hydrogens is 208 g/mol. The van der Waals surface area contributed by atoms with Crippen molar-refractivity contribution in [3.8, 4) is 0 Å².